The van der Waals surface area contributed by atoms with Crippen molar-refractivity contribution in [2.24, 2.45) is 9.98 Å². The third-order valence-corrected chi connectivity index (χ3v) is 7.35. The van der Waals surface area contributed by atoms with Crippen LogP contribution in [0.3, 0.4) is 0 Å². The van der Waals surface area contributed by atoms with Gasteiger partial charge in [0, 0.05) is 61.2 Å². The minimum Gasteiger partial charge on any atom is -0.506 e. The monoisotopic (exact) mass is 628 g/mol. The summed E-state index contributed by atoms with van der Waals surface area (Å²) < 4.78 is 14.4. The summed E-state index contributed by atoms with van der Waals surface area (Å²) in [5, 5.41) is 16.1. The highest BCUT2D eigenvalue weighted by Gasteiger charge is 2.20. The van der Waals surface area contributed by atoms with Crippen molar-refractivity contribution < 1.29 is 23.9 Å². The number of pyridine rings is 1. The zero-order valence-corrected chi connectivity index (χ0v) is 25.6. The molecule has 0 saturated heterocycles. The maximum absolute atomic E-state index is 14.4. The lowest BCUT2D eigenvalue weighted by atomic mass is 10.1. The number of H-pyrrole nitrogens is 1. The number of nitrogens with two attached hydrogens (primary N) is 1. The summed E-state index contributed by atoms with van der Waals surface area (Å²) in [6.07, 6.45) is 3.04. The Morgan fingerprint density at radius 2 is 1.93 bits per heavy atom. The lowest BCUT2D eigenvalue weighted by molar-refractivity contribution is -0.127. The maximum Gasteiger partial charge on any atom is 0.324 e. The molecule has 6 N–H and O–H groups in total. The second-order valence-electron chi connectivity index (χ2n) is 9.34. The van der Waals surface area contributed by atoms with Crippen molar-refractivity contribution in [3.63, 3.8) is 0 Å². The Morgan fingerprint density at radius 3 is 2.58 bits per heavy atom. The third kappa shape index (κ3) is 9.16. The molecule has 1 aromatic heterocycles. The molecule has 0 aliphatic carbocycles. The number of likely N-dealkylation sites (N-methyl/N-ethyl adjacent to an activating group) is 1. The van der Waals surface area contributed by atoms with Crippen molar-refractivity contribution in [1.29, 1.82) is 0 Å². The molecule has 3 aromatic rings. The number of amides is 4. The summed E-state index contributed by atoms with van der Waals surface area (Å²) >= 11 is 0. The van der Waals surface area contributed by atoms with Crippen LogP contribution in [-0.4, -0.2) is 71.1 Å². The molecular formula is C27H31FN8O5P2. The molecule has 16 heteroatoms. The number of benzene rings is 2. The zero-order valence-electron chi connectivity index (χ0n) is 23.3. The molecule has 2 atom stereocenters. The normalized spacial score (nSPS) is 11.3. The number of phenols is 1. The van der Waals surface area contributed by atoms with Crippen LogP contribution in [0.4, 0.5) is 20.6 Å². The van der Waals surface area contributed by atoms with Crippen molar-refractivity contribution in [1.82, 2.24) is 25.4 Å². The van der Waals surface area contributed by atoms with E-state index in [2.05, 4.69) is 44.1 Å². The fourth-order valence-electron chi connectivity index (χ4n) is 3.62. The van der Waals surface area contributed by atoms with Crippen molar-refractivity contribution >= 4 is 71.0 Å². The number of nitrogens with one attached hydrogen (secondary N) is 3. The van der Waals surface area contributed by atoms with Crippen LogP contribution >= 0.6 is 18.5 Å². The van der Waals surface area contributed by atoms with Crippen molar-refractivity contribution in [3.8, 4) is 5.75 Å². The number of carbonyl (C=O) groups is 3. The highest BCUT2D eigenvalue weighted by Crippen LogP contribution is 2.30. The van der Waals surface area contributed by atoms with E-state index in [4.69, 9.17) is 5.73 Å². The number of anilines is 1. The number of rotatable bonds is 9. The van der Waals surface area contributed by atoms with E-state index in [0.29, 0.717) is 21.7 Å². The molecule has 226 valence electrons. The Morgan fingerprint density at radius 1 is 1.19 bits per heavy atom. The number of halogens is 1. The minimum absolute atomic E-state index is 0.0870. The van der Waals surface area contributed by atoms with Crippen LogP contribution in [-0.2, 0) is 22.7 Å². The van der Waals surface area contributed by atoms with Crippen LogP contribution in [0.15, 0.2) is 57.4 Å². The van der Waals surface area contributed by atoms with Crippen LogP contribution in [0.1, 0.15) is 16.7 Å². The van der Waals surface area contributed by atoms with Gasteiger partial charge in [0.15, 0.2) is 0 Å². The molecule has 3 rings (SSSR count). The smallest absolute Gasteiger partial charge is 0.324 e. The number of hydrogen-bond donors (Lipinski definition) is 5. The SMILES string of the molecule is CN(C)C(=O)CN=Cc1cc(N=C(NC=O)NC(=O)N(Cc2cc(F)c(P)c(P)c2)Cc2ccc[nH]c2=O)c(O)cc1N. The summed E-state index contributed by atoms with van der Waals surface area (Å²) in [6, 6.07) is 7.83. The number of hydrogen-bond acceptors (Lipinski definition) is 8. The number of aromatic nitrogens is 1. The number of aliphatic imine (C=N–C) groups is 2. The molecule has 2 aromatic carbocycles. The highest BCUT2D eigenvalue weighted by atomic mass is 31.0. The van der Waals surface area contributed by atoms with Gasteiger partial charge in [0.05, 0.1) is 6.54 Å². The number of phenolic OH excluding ortho intramolecular Hbond substituents is 1. The highest BCUT2D eigenvalue weighted by molar-refractivity contribution is 7.35. The molecule has 0 bridgehead atoms. The predicted molar refractivity (Wildman–Crippen MR) is 170 cm³/mol. The second-order valence-corrected chi connectivity index (χ2v) is 10.5. The van der Waals surface area contributed by atoms with Gasteiger partial charge in [-0.3, -0.25) is 30.0 Å². The van der Waals surface area contributed by atoms with Gasteiger partial charge in [0.1, 0.15) is 23.8 Å². The topological polar surface area (TPSA) is 186 Å². The van der Waals surface area contributed by atoms with Gasteiger partial charge in [-0.05, 0) is 35.1 Å². The summed E-state index contributed by atoms with van der Waals surface area (Å²) in [5.74, 6) is -1.47. The first-order valence-electron chi connectivity index (χ1n) is 12.6. The molecule has 43 heavy (non-hydrogen) atoms. The maximum atomic E-state index is 14.4. The van der Waals surface area contributed by atoms with Crippen LogP contribution in [0, 0.1) is 5.82 Å². The Labute approximate surface area is 250 Å². The Balaban J connectivity index is 1.94. The molecule has 13 nitrogen and oxygen atoms in total. The summed E-state index contributed by atoms with van der Waals surface area (Å²) in [4.78, 5) is 62.3. The van der Waals surface area contributed by atoms with Crippen molar-refractivity contribution in [3.05, 3.63) is 75.5 Å². The average Bonchev–Trinajstić information content (AvgIpc) is 2.94. The zero-order chi connectivity index (χ0) is 31.7. The number of nitrogen functional groups attached to an aromatic ring is 1. The lowest BCUT2D eigenvalue weighted by Gasteiger charge is -2.24. The number of aromatic hydroxyl groups is 1. The van der Waals surface area contributed by atoms with Gasteiger partial charge in [0.25, 0.3) is 5.56 Å². The first-order chi connectivity index (χ1) is 20.4. The van der Waals surface area contributed by atoms with Gasteiger partial charge >= 0.3 is 6.03 Å². The number of nitrogens with zero attached hydrogens (tertiary/aromatic N) is 4. The molecule has 2 unspecified atom stereocenters. The number of carbonyl (C=O) groups excluding carboxylic acids is 3. The van der Waals surface area contributed by atoms with E-state index in [0.717, 1.165) is 0 Å². The Bertz CT molecular complexity index is 1620. The largest absolute Gasteiger partial charge is 0.506 e. The van der Waals surface area contributed by atoms with Crippen LogP contribution < -0.4 is 32.5 Å². The summed E-state index contributed by atoms with van der Waals surface area (Å²) in [6.45, 7) is -0.425. The quantitative estimate of drug-likeness (QED) is 0.0753. The lowest BCUT2D eigenvalue weighted by Crippen LogP contribution is -2.47. The first-order valence-corrected chi connectivity index (χ1v) is 13.7. The number of guanidine groups is 1. The van der Waals surface area contributed by atoms with Gasteiger partial charge in [-0.1, -0.05) is 6.07 Å². The second kappa shape index (κ2) is 15.0. The van der Waals surface area contributed by atoms with Gasteiger partial charge < -0.3 is 25.6 Å². The summed E-state index contributed by atoms with van der Waals surface area (Å²) in [5.41, 5.74) is 6.60. The van der Waals surface area contributed by atoms with Gasteiger partial charge in [-0.2, -0.15) is 0 Å². The van der Waals surface area contributed by atoms with Crippen molar-refractivity contribution in [2.75, 3.05) is 26.4 Å². The molecular weight excluding hydrogens is 597 g/mol. The molecule has 0 saturated carbocycles. The van der Waals surface area contributed by atoms with E-state index < -0.39 is 17.4 Å². The Kier molecular flexibility index (Phi) is 11.4. The van der Waals surface area contributed by atoms with E-state index in [1.807, 2.05) is 0 Å². The fraction of sp³-hybridized carbons (Fsp3) is 0.185. The minimum atomic E-state index is -0.795. The fourth-order valence-corrected chi connectivity index (χ4v) is 4.14. The van der Waals surface area contributed by atoms with E-state index in [-0.39, 0.29) is 60.6 Å². The molecule has 0 aliphatic rings. The molecule has 4 amide bonds. The van der Waals surface area contributed by atoms with Gasteiger partial charge in [-0.15, -0.1) is 18.5 Å². The van der Waals surface area contributed by atoms with E-state index in [1.54, 1.807) is 26.2 Å². The van der Waals surface area contributed by atoms with Crippen molar-refractivity contribution in [2.45, 2.75) is 13.1 Å². The number of urea groups is 1. The predicted octanol–water partition coefficient (Wildman–Crippen LogP) is 0.455. The van der Waals surface area contributed by atoms with Gasteiger partial charge in [-0.25, -0.2) is 14.2 Å². The van der Waals surface area contributed by atoms with Gasteiger partial charge in [0.2, 0.25) is 18.3 Å². The van der Waals surface area contributed by atoms with E-state index in [9.17, 15) is 28.7 Å². The molecule has 0 aliphatic heterocycles. The number of aromatic amines is 1. The molecule has 0 fully saturated rings. The van der Waals surface area contributed by atoms with E-state index in [1.165, 1.54) is 46.5 Å². The van der Waals surface area contributed by atoms with E-state index >= 15 is 0 Å². The Hall–Kier alpha value is -4.67. The third-order valence-electron chi connectivity index (χ3n) is 5.93. The molecule has 0 spiro atoms. The van der Waals surface area contributed by atoms with Crippen LogP contribution in [0.25, 0.3) is 0 Å². The molecule has 0 radical (unpaired) electrons. The molecule has 1 heterocycles. The first kappa shape index (κ1) is 32.8. The summed E-state index contributed by atoms with van der Waals surface area (Å²) in [7, 11) is 7.90. The van der Waals surface area contributed by atoms with Crippen LogP contribution in [0.2, 0.25) is 0 Å². The standard InChI is InChI=1S/C27H31FN8O5P2/c1-35(2)23(39)11-30-10-17-8-20(21(38)9-19(17)29)33-26(32-14-37)34-27(41)36(13-16-4-3-5-31-25(16)40)12-15-6-18(28)24(43)22(42)7-15/h3-10,14,38H,11-13,29,42-43H2,1-2H3,(H,31,40)(H2,32,33,34,37,41). The van der Waals surface area contributed by atoms with Crippen LogP contribution in [0.5, 0.6) is 5.75 Å². The average molecular weight is 629 g/mol.